The van der Waals surface area contributed by atoms with Crippen LogP contribution in [0.4, 0.5) is 5.69 Å². The normalized spacial score (nSPS) is 10.7. The molecule has 0 unspecified atom stereocenters. The molecule has 0 atom stereocenters. The van der Waals surface area contributed by atoms with Gasteiger partial charge in [-0.1, -0.05) is 30.3 Å². The molecule has 0 radical (unpaired) electrons. The number of para-hydroxylation sites is 1. The summed E-state index contributed by atoms with van der Waals surface area (Å²) in [6.07, 6.45) is 0. The van der Waals surface area contributed by atoms with E-state index in [1.165, 1.54) is 0 Å². The van der Waals surface area contributed by atoms with Crippen molar-refractivity contribution >= 4 is 33.1 Å². The number of aryl methyl sites for hydroxylation is 1. The van der Waals surface area contributed by atoms with Crippen molar-refractivity contribution in [3.8, 4) is 16.3 Å². The second-order valence-corrected chi connectivity index (χ2v) is 7.20. The van der Waals surface area contributed by atoms with Gasteiger partial charge in [-0.15, -0.1) is 11.3 Å². The topological polar surface area (TPSA) is 51.2 Å². The van der Waals surface area contributed by atoms with Crippen molar-refractivity contribution in [2.75, 3.05) is 12.4 Å². The summed E-state index contributed by atoms with van der Waals surface area (Å²) < 4.78 is 6.56. The molecule has 0 spiro atoms. The number of carbonyl (C=O) groups is 1. The maximum Gasteiger partial charge on any atom is 0.256 e. The lowest BCUT2D eigenvalue weighted by Gasteiger charge is -2.12. The summed E-state index contributed by atoms with van der Waals surface area (Å²) in [6.45, 7) is 1.92. The van der Waals surface area contributed by atoms with E-state index >= 15 is 0 Å². The van der Waals surface area contributed by atoms with Gasteiger partial charge < -0.3 is 10.1 Å². The summed E-state index contributed by atoms with van der Waals surface area (Å²) in [6, 6.07) is 21.3. The third-order valence-corrected chi connectivity index (χ3v) is 5.46. The number of hydrogen-bond acceptors (Lipinski definition) is 4. The Morgan fingerprint density at radius 2 is 1.81 bits per heavy atom. The number of anilines is 1. The van der Waals surface area contributed by atoms with Crippen LogP contribution in [0.2, 0.25) is 0 Å². The first-order valence-corrected chi connectivity index (χ1v) is 9.38. The number of benzene rings is 3. The van der Waals surface area contributed by atoms with Gasteiger partial charge in [0.1, 0.15) is 10.8 Å². The van der Waals surface area contributed by atoms with Crippen LogP contribution < -0.4 is 10.1 Å². The van der Waals surface area contributed by atoms with Gasteiger partial charge in [-0.3, -0.25) is 4.79 Å². The lowest BCUT2D eigenvalue weighted by Crippen LogP contribution is -2.14. The SMILES string of the molecule is COc1ccc(-c2nc3ccccc3s2)cc1NC(=O)c1ccccc1C. The molecule has 27 heavy (non-hydrogen) atoms. The highest BCUT2D eigenvalue weighted by Gasteiger charge is 2.14. The van der Waals surface area contributed by atoms with Crippen molar-refractivity contribution in [2.45, 2.75) is 6.92 Å². The van der Waals surface area contributed by atoms with Crippen molar-refractivity contribution in [2.24, 2.45) is 0 Å². The minimum Gasteiger partial charge on any atom is -0.495 e. The van der Waals surface area contributed by atoms with Crippen LogP contribution in [0.5, 0.6) is 5.75 Å². The number of hydrogen-bond donors (Lipinski definition) is 1. The highest BCUT2D eigenvalue weighted by atomic mass is 32.1. The summed E-state index contributed by atoms with van der Waals surface area (Å²) in [4.78, 5) is 17.4. The maximum atomic E-state index is 12.7. The number of rotatable bonds is 4. The van der Waals surface area contributed by atoms with Crippen LogP contribution in [0.1, 0.15) is 15.9 Å². The molecule has 0 bridgehead atoms. The highest BCUT2D eigenvalue weighted by Crippen LogP contribution is 2.35. The van der Waals surface area contributed by atoms with E-state index in [4.69, 9.17) is 9.72 Å². The van der Waals surface area contributed by atoms with Crippen molar-refractivity contribution in [3.63, 3.8) is 0 Å². The van der Waals surface area contributed by atoms with Gasteiger partial charge in [-0.25, -0.2) is 4.98 Å². The highest BCUT2D eigenvalue weighted by molar-refractivity contribution is 7.21. The van der Waals surface area contributed by atoms with Gasteiger partial charge in [0.05, 0.1) is 23.0 Å². The molecule has 1 heterocycles. The Hall–Kier alpha value is -3.18. The van der Waals surface area contributed by atoms with Crippen LogP contribution in [0, 0.1) is 6.92 Å². The van der Waals surface area contributed by atoms with E-state index in [-0.39, 0.29) is 5.91 Å². The fraction of sp³-hybridized carbons (Fsp3) is 0.0909. The van der Waals surface area contributed by atoms with Crippen molar-refractivity contribution in [1.29, 1.82) is 0 Å². The zero-order valence-electron chi connectivity index (χ0n) is 15.0. The zero-order chi connectivity index (χ0) is 18.8. The van der Waals surface area contributed by atoms with Crippen LogP contribution in [-0.2, 0) is 0 Å². The molecule has 4 aromatic rings. The third kappa shape index (κ3) is 3.41. The van der Waals surface area contributed by atoms with Crippen LogP contribution in [0.3, 0.4) is 0 Å². The number of nitrogens with zero attached hydrogens (tertiary/aromatic N) is 1. The molecule has 0 aliphatic rings. The minimum atomic E-state index is -0.159. The average molecular weight is 374 g/mol. The zero-order valence-corrected chi connectivity index (χ0v) is 15.8. The number of thiazole rings is 1. The molecule has 1 amide bonds. The second kappa shape index (κ2) is 7.21. The van der Waals surface area contributed by atoms with Crippen LogP contribution >= 0.6 is 11.3 Å². The molecule has 0 aliphatic heterocycles. The first-order chi connectivity index (χ1) is 13.2. The van der Waals surface area contributed by atoms with Crippen LogP contribution in [-0.4, -0.2) is 18.0 Å². The van der Waals surface area contributed by atoms with Gasteiger partial charge in [0.25, 0.3) is 5.91 Å². The molecule has 4 nitrogen and oxygen atoms in total. The molecule has 0 aliphatic carbocycles. The molecule has 3 aromatic carbocycles. The molecule has 0 saturated carbocycles. The molecular weight excluding hydrogens is 356 g/mol. The fourth-order valence-electron chi connectivity index (χ4n) is 2.95. The first-order valence-electron chi connectivity index (χ1n) is 8.56. The van der Waals surface area contributed by atoms with Crippen molar-refractivity contribution in [1.82, 2.24) is 4.98 Å². The Morgan fingerprint density at radius 3 is 2.59 bits per heavy atom. The quantitative estimate of drug-likeness (QED) is 0.511. The molecule has 4 rings (SSSR count). The van der Waals surface area contributed by atoms with Gasteiger partial charge in [-0.2, -0.15) is 0 Å². The Morgan fingerprint density at radius 1 is 1.04 bits per heavy atom. The van der Waals surface area contributed by atoms with E-state index < -0.39 is 0 Å². The molecule has 0 saturated heterocycles. The molecular formula is C22H18N2O2S. The van der Waals surface area contributed by atoms with E-state index in [1.54, 1.807) is 18.4 Å². The number of amides is 1. The number of fused-ring (bicyclic) bond motifs is 1. The molecule has 1 N–H and O–H groups in total. The Bertz CT molecular complexity index is 1100. The molecule has 134 valence electrons. The molecule has 5 heteroatoms. The first kappa shape index (κ1) is 17.2. The molecule has 0 fully saturated rings. The summed E-state index contributed by atoms with van der Waals surface area (Å²) >= 11 is 1.63. The Labute approximate surface area is 161 Å². The standard InChI is InChI=1S/C22H18N2O2S/c1-14-7-3-4-8-16(14)21(25)23-18-13-15(11-12-19(18)26-2)22-24-17-9-5-6-10-20(17)27-22/h3-13H,1-2H3,(H,23,25). The van der Waals surface area contributed by atoms with Gasteiger partial charge in [-0.05, 0) is 48.9 Å². The van der Waals surface area contributed by atoms with E-state index in [0.717, 1.165) is 26.4 Å². The Kier molecular flexibility index (Phi) is 4.60. The third-order valence-electron chi connectivity index (χ3n) is 4.38. The van der Waals surface area contributed by atoms with E-state index in [1.807, 2.05) is 67.6 Å². The van der Waals surface area contributed by atoms with Gasteiger partial charge >= 0.3 is 0 Å². The number of aromatic nitrogens is 1. The van der Waals surface area contributed by atoms with Gasteiger partial charge in [0.15, 0.2) is 0 Å². The predicted octanol–water partition coefficient (Wildman–Crippen LogP) is 5.53. The minimum absolute atomic E-state index is 0.159. The van der Waals surface area contributed by atoms with E-state index in [2.05, 4.69) is 11.4 Å². The smallest absolute Gasteiger partial charge is 0.256 e. The summed E-state index contributed by atoms with van der Waals surface area (Å²) in [5.74, 6) is 0.453. The largest absolute Gasteiger partial charge is 0.495 e. The van der Waals surface area contributed by atoms with Crippen molar-refractivity contribution in [3.05, 3.63) is 77.9 Å². The number of nitrogens with one attached hydrogen (secondary N) is 1. The Balaban J connectivity index is 1.70. The molecule has 1 aromatic heterocycles. The monoisotopic (exact) mass is 374 g/mol. The number of carbonyl (C=O) groups excluding carboxylic acids is 1. The van der Waals surface area contributed by atoms with Crippen molar-refractivity contribution < 1.29 is 9.53 Å². The number of ether oxygens (including phenoxy) is 1. The lowest BCUT2D eigenvalue weighted by molar-refractivity contribution is 0.102. The summed E-state index contributed by atoms with van der Waals surface area (Å²) in [7, 11) is 1.59. The average Bonchev–Trinajstić information content (AvgIpc) is 3.12. The van der Waals surface area contributed by atoms with Crippen LogP contribution in [0.15, 0.2) is 66.7 Å². The van der Waals surface area contributed by atoms with Gasteiger partial charge in [0, 0.05) is 11.1 Å². The second-order valence-electron chi connectivity index (χ2n) is 6.17. The van der Waals surface area contributed by atoms with E-state index in [9.17, 15) is 4.79 Å². The number of methoxy groups -OCH3 is 1. The maximum absolute atomic E-state index is 12.7. The predicted molar refractivity (Wildman–Crippen MR) is 111 cm³/mol. The summed E-state index contributed by atoms with van der Waals surface area (Å²) in [5, 5.41) is 3.88. The van der Waals surface area contributed by atoms with E-state index in [0.29, 0.717) is 17.0 Å². The lowest BCUT2D eigenvalue weighted by atomic mass is 10.1. The van der Waals surface area contributed by atoms with Crippen LogP contribution in [0.25, 0.3) is 20.8 Å². The fourth-order valence-corrected chi connectivity index (χ4v) is 3.91. The van der Waals surface area contributed by atoms with Gasteiger partial charge in [0.2, 0.25) is 0 Å². The summed E-state index contributed by atoms with van der Waals surface area (Å²) in [5.41, 5.74) is 4.11.